The summed E-state index contributed by atoms with van der Waals surface area (Å²) in [4.78, 5) is 4.27. The molecule has 100 valence electrons. The van der Waals surface area contributed by atoms with E-state index in [2.05, 4.69) is 15.5 Å². The molecule has 1 atom stereocenters. The van der Waals surface area contributed by atoms with Gasteiger partial charge in [0.2, 0.25) is 0 Å². The zero-order valence-corrected chi connectivity index (χ0v) is 10.7. The maximum Gasteiger partial charge on any atom is 0.259 e. The highest BCUT2D eigenvalue weighted by atomic mass is 35.5. The van der Waals surface area contributed by atoms with E-state index >= 15 is 0 Å². The number of hydrogen-bond acceptors (Lipinski definition) is 5. The van der Waals surface area contributed by atoms with E-state index in [1.54, 1.807) is 0 Å². The molecule has 1 aromatic carbocycles. The molecule has 0 bridgehead atoms. The third-order valence-electron chi connectivity index (χ3n) is 2.84. The molecule has 5 nitrogen and oxygen atoms in total. The van der Waals surface area contributed by atoms with E-state index in [0.29, 0.717) is 24.6 Å². The topological polar surface area (TPSA) is 60.2 Å². The van der Waals surface area contributed by atoms with Crippen molar-refractivity contribution in [1.82, 2.24) is 15.5 Å². The normalized spacial score (nSPS) is 19.6. The average Bonchev–Trinajstić information content (AvgIpc) is 2.89. The summed E-state index contributed by atoms with van der Waals surface area (Å²) < 4.78 is 23.5. The van der Waals surface area contributed by atoms with Gasteiger partial charge in [-0.2, -0.15) is 4.98 Å². The second-order valence-corrected chi connectivity index (χ2v) is 4.57. The largest absolute Gasteiger partial charge is 0.378 e. The number of morpholine rings is 1. The van der Waals surface area contributed by atoms with E-state index in [-0.39, 0.29) is 17.0 Å². The van der Waals surface area contributed by atoms with Crippen LogP contribution in [0.2, 0.25) is 5.02 Å². The van der Waals surface area contributed by atoms with E-state index in [1.807, 2.05) is 0 Å². The Morgan fingerprint density at radius 2 is 2.32 bits per heavy atom. The Morgan fingerprint density at radius 3 is 3.05 bits per heavy atom. The first-order chi connectivity index (χ1) is 9.24. The van der Waals surface area contributed by atoms with Gasteiger partial charge >= 0.3 is 0 Å². The average molecular weight is 284 g/mol. The van der Waals surface area contributed by atoms with Crippen molar-refractivity contribution in [1.29, 1.82) is 0 Å². The predicted molar refractivity (Wildman–Crippen MR) is 66.3 cm³/mol. The number of hydrogen-bond donors (Lipinski definition) is 1. The molecular weight excluding hydrogens is 273 g/mol. The summed E-state index contributed by atoms with van der Waals surface area (Å²) in [6, 6.07) is 3.93. The quantitative estimate of drug-likeness (QED) is 0.915. The lowest BCUT2D eigenvalue weighted by Crippen LogP contribution is -2.35. The number of rotatable bonds is 2. The summed E-state index contributed by atoms with van der Waals surface area (Å²) in [5.74, 6) is 0.373. The zero-order valence-electron chi connectivity index (χ0n) is 9.90. The van der Waals surface area contributed by atoms with Gasteiger partial charge in [0.1, 0.15) is 5.82 Å². The van der Waals surface area contributed by atoms with Crippen LogP contribution in [0.1, 0.15) is 11.9 Å². The van der Waals surface area contributed by atoms with Gasteiger partial charge in [0.25, 0.3) is 5.89 Å². The van der Waals surface area contributed by atoms with Crippen LogP contribution < -0.4 is 5.32 Å². The Balaban J connectivity index is 1.87. The Kier molecular flexibility index (Phi) is 3.46. The molecule has 1 aromatic heterocycles. The third kappa shape index (κ3) is 2.60. The van der Waals surface area contributed by atoms with Crippen LogP contribution in [0, 0.1) is 5.82 Å². The third-order valence-corrected chi connectivity index (χ3v) is 3.15. The molecule has 0 saturated carbocycles. The minimum absolute atomic E-state index is 0.0922. The summed E-state index contributed by atoms with van der Waals surface area (Å²) in [5, 5.41) is 7.36. The van der Waals surface area contributed by atoms with Gasteiger partial charge < -0.3 is 14.6 Å². The number of benzene rings is 1. The molecule has 1 saturated heterocycles. The van der Waals surface area contributed by atoms with Gasteiger partial charge in [-0.3, -0.25) is 0 Å². The second kappa shape index (κ2) is 5.24. The van der Waals surface area contributed by atoms with Crippen molar-refractivity contribution in [3.63, 3.8) is 0 Å². The highest BCUT2D eigenvalue weighted by molar-refractivity contribution is 6.33. The summed E-state index contributed by atoms with van der Waals surface area (Å²) in [6.45, 7) is 1.91. The van der Waals surface area contributed by atoms with Crippen molar-refractivity contribution >= 4 is 11.6 Å². The van der Waals surface area contributed by atoms with E-state index in [0.717, 1.165) is 6.54 Å². The van der Waals surface area contributed by atoms with Gasteiger partial charge in [-0.15, -0.1) is 0 Å². The molecule has 7 heteroatoms. The second-order valence-electron chi connectivity index (χ2n) is 4.16. The molecule has 1 unspecified atom stereocenters. The van der Waals surface area contributed by atoms with Gasteiger partial charge in [0, 0.05) is 6.54 Å². The lowest BCUT2D eigenvalue weighted by atomic mass is 10.2. The van der Waals surface area contributed by atoms with Crippen LogP contribution in [-0.2, 0) is 4.74 Å². The first kappa shape index (κ1) is 12.5. The Hall–Kier alpha value is -1.50. The number of aromatic nitrogens is 2. The first-order valence-electron chi connectivity index (χ1n) is 5.84. The van der Waals surface area contributed by atoms with Crippen LogP contribution in [0.15, 0.2) is 22.7 Å². The minimum atomic E-state index is -0.407. The van der Waals surface area contributed by atoms with Crippen LogP contribution in [-0.4, -0.2) is 29.9 Å². The molecule has 0 aliphatic carbocycles. The molecule has 1 fully saturated rings. The monoisotopic (exact) mass is 283 g/mol. The fourth-order valence-electron chi connectivity index (χ4n) is 1.88. The Bertz CT molecular complexity index is 584. The van der Waals surface area contributed by atoms with Crippen molar-refractivity contribution < 1.29 is 13.7 Å². The van der Waals surface area contributed by atoms with Crippen LogP contribution >= 0.6 is 11.6 Å². The smallest absolute Gasteiger partial charge is 0.259 e. The molecule has 0 radical (unpaired) electrons. The summed E-state index contributed by atoms with van der Waals surface area (Å²) >= 11 is 5.95. The lowest BCUT2D eigenvalue weighted by Gasteiger charge is -2.20. The predicted octanol–water partition coefficient (Wildman–Crippen LogP) is 2.19. The maximum atomic E-state index is 13.0. The Labute approximate surface area is 113 Å². The standard InChI is InChI=1S/C12H11ClFN3O2/c13-9-5-7(14)1-2-8(9)12-16-11(17-19-12)10-6-18-4-3-15-10/h1-2,5,10,15H,3-4,6H2. The van der Waals surface area contributed by atoms with E-state index in [4.69, 9.17) is 20.9 Å². The van der Waals surface area contributed by atoms with E-state index in [9.17, 15) is 4.39 Å². The zero-order chi connectivity index (χ0) is 13.2. The molecule has 2 heterocycles. The molecular formula is C12H11ClFN3O2. The van der Waals surface area contributed by atoms with Crippen molar-refractivity contribution in [3.8, 4) is 11.5 Å². The molecule has 1 aliphatic rings. The summed E-state index contributed by atoms with van der Waals surface area (Å²) in [7, 11) is 0. The lowest BCUT2D eigenvalue weighted by molar-refractivity contribution is 0.0734. The van der Waals surface area contributed by atoms with Gasteiger partial charge in [-0.05, 0) is 18.2 Å². The van der Waals surface area contributed by atoms with Crippen LogP contribution in [0.3, 0.4) is 0 Å². The Morgan fingerprint density at radius 1 is 1.42 bits per heavy atom. The minimum Gasteiger partial charge on any atom is -0.378 e. The first-order valence-corrected chi connectivity index (χ1v) is 6.22. The fourth-order valence-corrected chi connectivity index (χ4v) is 2.13. The van der Waals surface area contributed by atoms with Crippen molar-refractivity contribution in [2.45, 2.75) is 6.04 Å². The summed E-state index contributed by atoms with van der Waals surface area (Å²) in [6.07, 6.45) is 0. The number of nitrogens with one attached hydrogen (secondary N) is 1. The molecule has 3 rings (SSSR count). The maximum absolute atomic E-state index is 13.0. The van der Waals surface area contributed by atoms with Crippen molar-refractivity contribution in [2.24, 2.45) is 0 Å². The molecule has 0 amide bonds. The van der Waals surface area contributed by atoms with Crippen LogP contribution in [0.25, 0.3) is 11.5 Å². The van der Waals surface area contributed by atoms with Gasteiger partial charge in [-0.1, -0.05) is 16.8 Å². The van der Waals surface area contributed by atoms with Crippen molar-refractivity contribution in [2.75, 3.05) is 19.8 Å². The highest BCUT2D eigenvalue weighted by Crippen LogP contribution is 2.28. The molecule has 2 aromatic rings. The molecule has 0 spiro atoms. The molecule has 19 heavy (non-hydrogen) atoms. The number of ether oxygens (including phenoxy) is 1. The van der Waals surface area contributed by atoms with Gasteiger partial charge in [-0.25, -0.2) is 4.39 Å². The summed E-state index contributed by atoms with van der Waals surface area (Å²) in [5.41, 5.74) is 0.513. The van der Waals surface area contributed by atoms with Gasteiger partial charge in [0.15, 0.2) is 5.82 Å². The van der Waals surface area contributed by atoms with E-state index in [1.165, 1.54) is 18.2 Å². The SMILES string of the molecule is Fc1ccc(-c2nc(C3COCCN3)no2)c(Cl)c1. The molecule has 1 aliphatic heterocycles. The van der Waals surface area contributed by atoms with Crippen LogP contribution in [0.4, 0.5) is 4.39 Å². The molecule has 1 N–H and O–H groups in total. The fraction of sp³-hybridized carbons (Fsp3) is 0.333. The van der Waals surface area contributed by atoms with Crippen molar-refractivity contribution in [3.05, 3.63) is 34.9 Å². The number of nitrogens with zero attached hydrogens (tertiary/aromatic N) is 2. The van der Waals surface area contributed by atoms with Gasteiger partial charge in [0.05, 0.1) is 29.8 Å². The van der Waals surface area contributed by atoms with Crippen LogP contribution in [0.5, 0.6) is 0 Å². The van der Waals surface area contributed by atoms with E-state index < -0.39 is 5.82 Å². The number of halogens is 2. The highest BCUT2D eigenvalue weighted by Gasteiger charge is 2.22.